The minimum Gasteiger partial charge on any atom is -0.454 e. The van der Waals surface area contributed by atoms with E-state index in [0.717, 1.165) is 35.7 Å². The topological polar surface area (TPSA) is 78.3 Å². The molecule has 8 heteroatoms. The van der Waals surface area contributed by atoms with E-state index >= 15 is 0 Å². The molecule has 2 aromatic carbocycles. The lowest BCUT2D eigenvalue weighted by Crippen LogP contribution is -2.28. The molecule has 0 bridgehead atoms. The number of aromatic nitrogens is 3. The third-order valence-corrected chi connectivity index (χ3v) is 6.00. The number of carbonyl (C=O) groups is 1. The molecule has 2 heterocycles. The monoisotopic (exact) mass is 422 g/mol. The third-order valence-electron chi connectivity index (χ3n) is 5.16. The van der Waals surface area contributed by atoms with Crippen LogP contribution in [0, 0.1) is 0 Å². The summed E-state index contributed by atoms with van der Waals surface area (Å²) in [6.45, 7) is 2.19. The summed E-state index contributed by atoms with van der Waals surface area (Å²) in [5.41, 5.74) is 1.97. The Hall–Kier alpha value is -3.00. The van der Waals surface area contributed by atoms with Gasteiger partial charge in [0.05, 0.1) is 17.5 Å². The Morgan fingerprint density at radius 1 is 1.20 bits per heavy atom. The summed E-state index contributed by atoms with van der Waals surface area (Å²) in [6, 6.07) is 15.6. The largest absolute Gasteiger partial charge is 0.454 e. The van der Waals surface area contributed by atoms with Crippen molar-refractivity contribution in [3.05, 3.63) is 59.9 Å². The maximum absolute atomic E-state index is 12.5. The van der Waals surface area contributed by atoms with E-state index in [0.29, 0.717) is 16.8 Å². The number of hydrogen-bond donors (Lipinski definition) is 1. The maximum atomic E-state index is 12.5. The van der Waals surface area contributed by atoms with Crippen LogP contribution in [0.2, 0.25) is 0 Å². The zero-order valence-corrected chi connectivity index (χ0v) is 17.4. The van der Waals surface area contributed by atoms with Gasteiger partial charge in [0.1, 0.15) is 5.82 Å². The van der Waals surface area contributed by atoms with Crippen molar-refractivity contribution in [2.75, 3.05) is 12.5 Å². The summed E-state index contributed by atoms with van der Waals surface area (Å²) in [7, 11) is 0. The molecule has 154 valence electrons. The maximum Gasteiger partial charge on any atom is 0.231 e. The first-order chi connectivity index (χ1) is 14.7. The first-order valence-electron chi connectivity index (χ1n) is 10.0. The van der Waals surface area contributed by atoms with Gasteiger partial charge in [-0.1, -0.05) is 36.0 Å². The van der Waals surface area contributed by atoms with E-state index in [2.05, 4.69) is 10.4 Å². The molecular weight excluding hydrogens is 400 g/mol. The van der Waals surface area contributed by atoms with Crippen LogP contribution < -0.4 is 14.8 Å². The molecule has 2 aliphatic rings. The van der Waals surface area contributed by atoms with E-state index in [1.54, 1.807) is 0 Å². The van der Waals surface area contributed by atoms with Crippen LogP contribution in [0.25, 0.3) is 5.69 Å². The molecule has 0 radical (unpaired) electrons. The number of benzene rings is 2. The Balaban J connectivity index is 1.22. The number of fused-ring (bicyclic) bond motifs is 1. The molecule has 0 spiro atoms. The fourth-order valence-corrected chi connectivity index (χ4v) is 4.05. The van der Waals surface area contributed by atoms with Crippen molar-refractivity contribution in [2.24, 2.45) is 0 Å². The molecular formula is C22H22N4O3S. The zero-order valence-electron chi connectivity index (χ0n) is 16.6. The summed E-state index contributed by atoms with van der Waals surface area (Å²) in [5.74, 6) is 3.10. The molecule has 1 unspecified atom stereocenters. The summed E-state index contributed by atoms with van der Waals surface area (Å²) in [6.07, 6.45) is 2.28. The van der Waals surface area contributed by atoms with Crippen molar-refractivity contribution in [3.8, 4) is 17.2 Å². The molecule has 1 aliphatic heterocycles. The lowest BCUT2D eigenvalue weighted by Gasteiger charge is -2.14. The molecule has 0 saturated heterocycles. The fraction of sp³-hybridized carbons (Fsp3) is 0.318. The van der Waals surface area contributed by atoms with Crippen LogP contribution in [0.15, 0.2) is 53.7 Å². The molecule has 1 aliphatic carbocycles. The molecule has 5 rings (SSSR count). The number of rotatable bonds is 7. The molecule has 1 saturated carbocycles. The van der Waals surface area contributed by atoms with Gasteiger partial charge in [-0.15, -0.1) is 5.10 Å². The van der Waals surface area contributed by atoms with Crippen LogP contribution in [-0.2, 0) is 4.79 Å². The number of nitrogens with one attached hydrogen (secondary N) is 1. The summed E-state index contributed by atoms with van der Waals surface area (Å²) >= 11 is 1.36. The van der Waals surface area contributed by atoms with Crippen LogP contribution in [-0.4, -0.2) is 33.2 Å². The van der Waals surface area contributed by atoms with E-state index in [4.69, 9.17) is 14.5 Å². The van der Waals surface area contributed by atoms with E-state index in [1.807, 2.05) is 60.1 Å². The van der Waals surface area contributed by atoms with Gasteiger partial charge in [0, 0.05) is 5.92 Å². The summed E-state index contributed by atoms with van der Waals surface area (Å²) in [5, 5.41) is 8.31. The van der Waals surface area contributed by atoms with Crippen LogP contribution >= 0.6 is 11.8 Å². The lowest BCUT2D eigenvalue weighted by molar-refractivity contribution is -0.119. The van der Waals surface area contributed by atoms with Crippen LogP contribution in [0.4, 0.5) is 0 Å². The van der Waals surface area contributed by atoms with Crippen molar-refractivity contribution in [3.63, 3.8) is 0 Å². The quantitative estimate of drug-likeness (QED) is 0.583. The minimum absolute atomic E-state index is 0.0609. The number of ether oxygens (including phenoxy) is 2. The standard InChI is InChI=1S/C22H22N4O3S/c1-14(16-9-10-18-19(11-16)29-13-28-18)23-20(27)12-30-22-24-21(15-7-8-15)26(25-22)17-5-3-2-4-6-17/h2-6,9-11,14-15H,7-8,12-13H2,1H3,(H,23,27). The van der Waals surface area contributed by atoms with Gasteiger partial charge in [0.2, 0.25) is 17.9 Å². The first-order valence-corrected chi connectivity index (χ1v) is 11.0. The van der Waals surface area contributed by atoms with Gasteiger partial charge in [-0.2, -0.15) is 0 Å². The average molecular weight is 423 g/mol. The van der Waals surface area contributed by atoms with Crippen LogP contribution in [0.1, 0.15) is 43.1 Å². The van der Waals surface area contributed by atoms with Gasteiger partial charge < -0.3 is 14.8 Å². The van der Waals surface area contributed by atoms with Gasteiger partial charge in [-0.3, -0.25) is 4.79 Å². The van der Waals surface area contributed by atoms with Crippen molar-refractivity contribution < 1.29 is 14.3 Å². The first kappa shape index (κ1) is 19.0. The summed E-state index contributed by atoms with van der Waals surface area (Å²) in [4.78, 5) is 17.2. The highest BCUT2D eigenvalue weighted by molar-refractivity contribution is 7.99. The SMILES string of the molecule is CC(NC(=O)CSc1nc(C2CC2)n(-c2ccccc2)n1)c1ccc2c(c1)OCO2. The molecule has 1 fully saturated rings. The Kier molecular flexibility index (Phi) is 5.08. The predicted molar refractivity (Wildman–Crippen MR) is 113 cm³/mol. The molecule has 30 heavy (non-hydrogen) atoms. The van der Waals surface area contributed by atoms with Gasteiger partial charge in [0.25, 0.3) is 0 Å². The third kappa shape index (κ3) is 4.00. The van der Waals surface area contributed by atoms with Crippen LogP contribution in [0.5, 0.6) is 11.5 Å². The van der Waals surface area contributed by atoms with Gasteiger partial charge in [-0.05, 0) is 49.6 Å². The molecule has 1 amide bonds. The van der Waals surface area contributed by atoms with Crippen molar-refractivity contribution in [2.45, 2.75) is 36.9 Å². The number of carbonyl (C=O) groups excluding carboxylic acids is 1. The van der Waals surface area contributed by atoms with Gasteiger partial charge >= 0.3 is 0 Å². The Bertz CT molecular complexity index is 1070. The normalized spacial score (nSPS) is 15.8. The average Bonchev–Trinajstić information content (AvgIpc) is 3.34. The van der Waals surface area contributed by atoms with E-state index in [1.165, 1.54) is 11.8 Å². The highest BCUT2D eigenvalue weighted by Crippen LogP contribution is 2.40. The number of amides is 1. The highest BCUT2D eigenvalue weighted by atomic mass is 32.2. The molecule has 7 nitrogen and oxygen atoms in total. The van der Waals surface area contributed by atoms with Gasteiger partial charge in [-0.25, -0.2) is 9.67 Å². The number of thioether (sulfide) groups is 1. The smallest absolute Gasteiger partial charge is 0.231 e. The van der Waals surface area contributed by atoms with Crippen molar-refractivity contribution in [1.29, 1.82) is 0 Å². The van der Waals surface area contributed by atoms with E-state index in [9.17, 15) is 4.79 Å². The molecule has 1 atom stereocenters. The zero-order chi connectivity index (χ0) is 20.5. The second kappa shape index (κ2) is 8.02. The van der Waals surface area contributed by atoms with Gasteiger partial charge in [0.15, 0.2) is 11.5 Å². The van der Waals surface area contributed by atoms with E-state index < -0.39 is 0 Å². The second-order valence-corrected chi connectivity index (χ2v) is 8.41. The second-order valence-electron chi connectivity index (χ2n) is 7.46. The van der Waals surface area contributed by atoms with Crippen LogP contribution in [0.3, 0.4) is 0 Å². The van der Waals surface area contributed by atoms with E-state index in [-0.39, 0.29) is 24.5 Å². The Morgan fingerprint density at radius 3 is 2.80 bits per heavy atom. The predicted octanol–water partition coefficient (Wildman–Crippen LogP) is 3.84. The number of para-hydroxylation sites is 1. The number of nitrogens with zero attached hydrogens (tertiary/aromatic N) is 3. The Morgan fingerprint density at radius 2 is 2.00 bits per heavy atom. The number of hydrogen-bond acceptors (Lipinski definition) is 6. The van der Waals surface area contributed by atoms with Crippen molar-refractivity contribution in [1.82, 2.24) is 20.1 Å². The minimum atomic E-state index is -0.135. The fourth-order valence-electron chi connectivity index (χ4n) is 3.41. The highest BCUT2D eigenvalue weighted by Gasteiger charge is 2.30. The summed E-state index contributed by atoms with van der Waals surface area (Å²) < 4.78 is 12.7. The lowest BCUT2D eigenvalue weighted by atomic mass is 10.1. The Labute approximate surface area is 178 Å². The molecule has 3 aromatic rings. The van der Waals surface area contributed by atoms with Crippen molar-refractivity contribution >= 4 is 17.7 Å². The molecule has 1 N–H and O–H groups in total. The molecule has 1 aromatic heterocycles.